The minimum absolute atomic E-state index is 0.0218. The maximum atomic E-state index is 12.6. The summed E-state index contributed by atoms with van der Waals surface area (Å²) < 4.78 is 6.55. The molecule has 3 aliphatic rings. The van der Waals surface area contributed by atoms with Gasteiger partial charge in [-0.1, -0.05) is 44.8 Å². The van der Waals surface area contributed by atoms with Crippen molar-refractivity contribution in [2.45, 2.75) is 57.7 Å². The zero-order chi connectivity index (χ0) is 18.0. The highest BCUT2D eigenvalue weighted by molar-refractivity contribution is 6.06. The first-order valence-electron chi connectivity index (χ1n) is 9.95. The largest absolute Gasteiger partial charge is 0.365 e. The Kier molecular flexibility index (Phi) is 5.64. The standard InChI is InChI=1S/C20H33N2O3/c1-4-5-6-7-8-9-13-22(2,3)14-12-21-19(23)17-15-10-11-16(25-15)18(17)20(21)24/h10-11,15-18H,4-9,12-14H2,1-3H3/q+1. The van der Waals surface area contributed by atoms with Crippen LogP contribution in [0.3, 0.4) is 0 Å². The third-order valence-corrected chi connectivity index (χ3v) is 6.05. The number of fused-ring (bicyclic) bond motifs is 5. The highest BCUT2D eigenvalue weighted by atomic mass is 16.5. The second-order valence-electron chi connectivity index (χ2n) is 8.48. The summed E-state index contributed by atoms with van der Waals surface area (Å²) in [6, 6.07) is 0. The summed E-state index contributed by atoms with van der Waals surface area (Å²) in [5.41, 5.74) is 0. The lowest BCUT2D eigenvalue weighted by molar-refractivity contribution is -0.889. The number of unbranched alkanes of at least 4 members (excludes halogenated alkanes) is 5. The van der Waals surface area contributed by atoms with Crippen molar-refractivity contribution in [1.82, 2.24) is 4.90 Å². The van der Waals surface area contributed by atoms with Crippen molar-refractivity contribution >= 4 is 11.8 Å². The molecule has 0 aliphatic carbocycles. The quantitative estimate of drug-likeness (QED) is 0.263. The second-order valence-corrected chi connectivity index (χ2v) is 8.48. The molecule has 3 rings (SSSR count). The van der Waals surface area contributed by atoms with E-state index in [0.29, 0.717) is 6.54 Å². The number of amides is 2. The summed E-state index contributed by atoms with van der Waals surface area (Å²) >= 11 is 0. The van der Waals surface area contributed by atoms with Gasteiger partial charge in [0.25, 0.3) is 0 Å². The van der Waals surface area contributed by atoms with Gasteiger partial charge in [-0.15, -0.1) is 0 Å². The second kappa shape index (κ2) is 7.58. The molecule has 3 aliphatic heterocycles. The molecule has 2 fully saturated rings. The highest BCUT2D eigenvalue weighted by Gasteiger charge is 2.60. The van der Waals surface area contributed by atoms with Crippen LogP contribution in [0.4, 0.5) is 0 Å². The van der Waals surface area contributed by atoms with Crippen LogP contribution in [-0.2, 0) is 14.3 Å². The van der Waals surface area contributed by atoms with Crippen LogP contribution in [0.2, 0.25) is 0 Å². The number of imide groups is 1. The SMILES string of the molecule is CCCCCCCC[N+](C)(C)CCN1C(=O)C2C3C=CC(O3)C2C1=O. The van der Waals surface area contributed by atoms with Crippen molar-refractivity contribution in [3.63, 3.8) is 0 Å². The fraction of sp³-hybridized carbons (Fsp3) is 0.800. The third kappa shape index (κ3) is 3.82. The van der Waals surface area contributed by atoms with Gasteiger partial charge in [0.2, 0.25) is 11.8 Å². The smallest absolute Gasteiger partial charge is 0.236 e. The van der Waals surface area contributed by atoms with Gasteiger partial charge in [-0.3, -0.25) is 14.5 Å². The fourth-order valence-corrected chi connectivity index (χ4v) is 4.39. The number of carbonyl (C=O) groups excluding carboxylic acids is 2. The number of nitrogens with zero attached hydrogens (tertiary/aromatic N) is 2. The minimum Gasteiger partial charge on any atom is -0.365 e. The first-order chi connectivity index (χ1) is 11.9. The van der Waals surface area contributed by atoms with E-state index in [9.17, 15) is 9.59 Å². The van der Waals surface area contributed by atoms with Crippen molar-refractivity contribution in [2.75, 3.05) is 33.7 Å². The molecule has 25 heavy (non-hydrogen) atoms. The maximum Gasteiger partial charge on any atom is 0.236 e. The molecule has 3 heterocycles. The van der Waals surface area contributed by atoms with Gasteiger partial charge < -0.3 is 9.22 Å². The average Bonchev–Trinajstić information content (AvgIpc) is 3.24. The average molecular weight is 349 g/mol. The molecule has 2 bridgehead atoms. The molecular formula is C20H33N2O3+. The normalized spacial score (nSPS) is 30.6. The zero-order valence-corrected chi connectivity index (χ0v) is 15.9. The number of quaternary nitrogens is 1. The molecule has 0 aromatic rings. The third-order valence-electron chi connectivity index (χ3n) is 6.05. The summed E-state index contributed by atoms with van der Waals surface area (Å²) in [5, 5.41) is 0. The summed E-state index contributed by atoms with van der Waals surface area (Å²) in [4.78, 5) is 26.8. The molecule has 2 saturated heterocycles. The van der Waals surface area contributed by atoms with E-state index >= 15 is 0 Å². The van der Waals surface area contributed by atoms with E-state index in [2.05, 4.69) is 21.0 Å². The Labute approximate surface area is 151 Å². The molecule has 140 valence electrons. The lowest BCUT2D eigenvalue weighted by Crippen LogP contribution is -2.48. The molecule has 5 nitrogen and oxygen atoms in total. The van der Waals surface area contributed by atoms with Gasteiger partial charge in [-0.05, 0) is 12.8 Å². The number of hydrogen-bond acceptors (Lipinski definition) is 3. The lowest BCUT2D eigenvalue weighted by Gasteiger charge is -2.31. The Morgan fingerprint density at radius 3 is 2.08 bits per heavy atom. The predicted molar refractivity (Wildman–Crippen MR) is 96.7 cm³/mol. The summed E-state index contributed by atoms with van der Waals surface area (Å²) in [7, 11) is 4.40. The summed E-state index contributed by atoms with van der Waals surface area (Å²) in [5.74, 6) is -0.578. The monoisotopic (exact) mass is 349 g/mol. The van der Waals surface area contributed by atoms with E-state index in [1.54, 1.807) is 0 Å². The number of hydrogen-bond donors (Lipinski definition) is 0. The molecule has 5 heteroatoms. The van der Waals surface area contributed by atoms with Gasteiger partial charge >= 0.3 is 0 Å². The zero-order valence-electron chi connectivity index (χ0n) is 15.9. The number of rotatable bonds is 10. The van der Waals surface area contributed by atoms with Gasteiger partial charge in [0, 0.05) is 0 Å². The van der Waals surface area contributed by atoms with Crippen molar-refractivity contribution in [2.24, 2.45) is 11.8 Å². The molecule has 0 aromatic carbocycles. The molecule has 0 saturated carbocycles. The number of ether oxygens (including phenoxy) is 1. The van der Waals surface area contributed by atoms with E-state index in [0.717, 1.165) is 17.6 Å². The van der Waals surface area contributed by atoms with E-state index in [1.165, 1.54) is 43.4 Å². The van der Waals surface area contributed by atoms with Crippen molar-refractivity contribution in [3.05, 3.63) is 12.2 Å². The fourth-order valence-electron chi connectivity index (χ4n) is 4.39. The Balaban J connectivity index is 1.44. The first kappa shape index (κ1) is 18.6. The Hall–Kier alpha value is -1.20. The molecule has 4 atom stereocenters. The van der Waals surface area contributed by atoms with Crippen LogP contribution in [0.5, 0.6) is 0 Å². The molecular weight excluding hydrogens is 316 g/mol. The molecule has 2 amide bonds. The van der Waals surface area contributed by atoms with Gasteiger partial charge in [-0.2, -0.15) is 0 Å². The van der Waals surface area contributed by atoms with E-state index in [-0.39, 0.29) is 35.9 Å². The van der Waals surface area contributed by atoms with E-state index in [1.807, 2.05) is 12.2 Å². The van der Waals surface area contributed by atoms with Crippen LogP contribution >= 0.6 is 0 Å². The van der Waals surface area contributed by atoms with Crippen molar-refractivity contribution < 1.29 is 18.8 Å². The lowest BCUT2D eigenvalue weighted by atomic mass is 9.85. The Bertz CT molecular complexity index is 513. The van der Waals surface area contributed by atoms with Gasteiger partial charge in [-0.25, -0.2) is 0 Å². The number of carbonyl (C=O) groups is 2. The molecule has 4 unspecified atom stereocenters. The van der Waals surface area contributed by atoms with Gasteiger partial charge in [0.15, 0.2) is 0 Å². The molecule has 0 aromatic heterocycles. The van der Waals surface area contributed by atoms with Gasteiger partial charge in [0.05, 0.1) is 57.8 Å². The van der Waals surface area contributed by atoms with E-state index in [4.69, 9.17) is 4.74 Å². The highest BCUT2D eigenvalue weighted by Crippen LogP contribution is 2.44. The van der Waals surface area contributed by atoms with Crippen molar-refractivity contribution in [3.8, 4) is 0 Å². The van der Waals surface area contributed by atoms with Crippen LogP contribution in [0, 0.1) is 11.8 Å². The van der Waals surface area contributed by atoms with Crippen LogP contribution in [0.1, 0.15) is 45.4 Å². The summed E-state index contributed by atoms with van der Waals surface area (Å²) in [6.07, 6.45) is 11.3. The minimum atomic E-state index is -0.267. The number of likely N-dealkylation sites (tertiary alicyclic amines) is 1. The maximum absolute atomic E-state index is 12.6. The molecule has 0 radical (unpaired) electrons. The van der Waals surface area contributed by atoms with Crippen LogP contribution in [-0.4, -0.2) is 67.1 Å². The Morgan fingerprint density at radius 2 is 1.48 bits per heavy atom. The summed E-state index contributed by atoms with van der Waals surface area (Å²) in [6.45, 7) is 4.70. The molecule has 0 N–H and O–H groups in total. The molecule has 0 spiro atoms. The van der Waals surface area contributed by atoms with E-state index < -0.39 is 0 Å². The predicted octanol–water partition coefficient (Wildman–Crippen LogP) is 2.36. The number of likely N-dealkylation sites (N-methyl/N-ethyl adjacent to an activating group) is 1. The van der Waals surface area contributed by atoms with Crippen LogP contribution in [0.15, 0.2) is 12.2 Å². The van der Waals surface area contributed by atoms with Crippen molar-refractivity contribution in [1.29, 1.82) is 0 Å². The topological polar surface area (TPSA) is 46.6 Å². The Morgan fingerprint density at radius 1 is 0.920 bits per heavy atom. The first-order valence-corrected chi connectivity index (χ1v) is 9.95. The van der Waals surface area contributed by atoms with Crippen LogP contribution in [0.25, 0.3) is 0 Å². The van der Waals surface area contributed by atoms with Gasteiger partial charge in [0.1, 0.15) is 0 Å². The van der Waals surface area contributed by atoms with Crippen LogP contribution < -0.4 is 0 Å².